The quantitative estimate of drug-likeness (QED) is 0.864. The van der Waals surface area contributed by atoms with Crippen LogP contribution in [-0.4, -0.2) is 42.0 Å². The van der Waals surface area contributed by atoms with Crippen LogP contribution in [0.1, 0.15) is 18.4 Å². The van der Waals surface area contributed by atoms with Gasteiger partial charge < -0.3 is 10.2 Å². The minimum atomic E-state index is 0.251. The van der Waals surface area contributed by atoms with Crippen LogP contribution in [0.3, 0.4) is 0 Å². The van der Waals surface area contributed by atoms with Gasteiger partial charge >= 0.3 is 0 Å². The van der Waals surface area contributed by atoms with Crippen LogP contribution in [-0.2, 0) is 11.2 Å². The van der Waals surface area contributed by atoms with E-state index < -0.39 is 0 Å². The Morgan fingerprint density at radius 1 is 1.32 bits per heavy atom. The van der Waals surface area contributed by atoms with Gasteiger partial charge in [-0.15, -0.1) is 0 Å². The molecule has 0 bridgehead atoms. The zero-order valence-electron chi connectivity index (χ0n) is 11.2. The number of amides is 1. The van der Waals surface area contributed by atoms with Crippen LogP contribution in [0.25, 0.3) is 0 Å². The highest BCUT2D eigenvalue weighted by molar-refractivity contribution is 5.78. The van der Waals surface area contributed by atoms with Gasteiger partial charge in [0.2, 0.25) is 5.91 Å². The van der Waals surface area contributed by atoms with Gasteiger partial charge in [0, 0.05) is 25.5 Å². The van der Waals surface area contributed by atoms with Gasteiger partial charge in [-0.3, -0.25) is 9.78 Å². The lowest BCUT2D eigenvalue weighted by Gasteiger charge is -2.20. The number of aromatic nitrogens is 1. The summed E-state index contributed by atoms with van der Waals surface area (Å²) in [4.78, 5) is 18.4. The summed E-state index contributed by atoms with van der Waals surface area (Å²) in [5.74, 6) is 1.80. The van der Waals surface area contributed by atoms with Crippen molar-refractivity contribution in [2.45, 2.75) is 19.3 Å². The molecule has 2 aliphatic heterocycles. The van der Waals surface area contributed by atoms with Crippen LogP contribution in [0, 0.1) is 11.8 Å². The molecular weight excluding hydrogens is 238 g/mol. The fourth-order valence-electron chi connectivity index (χ4n) is 3.26. The maximum absolute atomic E-state index is 12.3. The van der Waals surface area contributed by atoms with E-state index in [0.717, 1.165) is 56.4 Å². The van der Waals surface area contributed by atoms with Crippen molar-refractivity contribution in [2.24, 2.45) is 11.8 Å². The van der Waals surface area contributed by atoms with Crippen LogP contribution in [0.5, 0.6) is 0 Å². The monoisotopic (exact) mass is 259 g/mol. The smallest absolute Gasteiger partial charge is 0.227 e. The molecule has 1 aromatic rings. The molecule has 3 heterocycles. The Hall–Kier alpha value is -1.42. The van der Waals surface area contributed by atoms with Gasteiger partial charge in [0.25, 0.3) is 0 Å². The number of hydrogen-bond donors (Lipinski definition) is 1. The van der Waals surface area contributed by atoms with E-state index in [0.29, 0.717) is 6.42 Å². The zero-order valence-corrected chi connectivity index (χ0v) is 11.2. The van der Waals surface area contributed by atoms with E-state index in [4.69, 9.17) is 0 Å². The molecule has 0 unspecified atom stereocenters. The van der Waals surface area contributed by atoms with Crippen molar-refractivity contribution in [1.29, 1.82) is 0 Å². The summed E-state index contributed by atoms with van der Waals surface area (Å²) in [6, 6.07) is 3.86. The molecule has 0 saturated carbocycles. The maximum Gasteiger partial charge on any atom is 0.227 e. The summed E-state index contributed by atoms with van der Waals surface area (Å²) < 4.78 is 0. The normalized spacial score (nSPS) is 26.8. The van der Waals surface area contributed by atoms with Crippen LogP contribution >= 0.6 is 0 Å². The highest BCUT2D eigenvalue weighted by Gasteiger charge is 2.31. The van der Waals surface area contributed by atoms with Gasteiger partial charge in [0.15, 0.2) is 0 Å². The lowest BCUT2D eigenvalue weighted by atomic mass is 9.92. The van der Waals surface area contributed by atoms with Gasteiger partial charge in [0.05, 0.1) is 6.42 Å². The predicted octanol–water partition coefficient (Wildman–Crippen LogP) is 1.08. The van der Waals surface area contributed by atoms with Gasteiger partial charge in [-0.1, -0.05) is 6.07 Å². The van der Waals surface area contributed by atoms with Crippen LogP contribution in [0.4, 0.5) is 0 Å². The van der Waals surface area contributed by atoms with E-state index >= 15 is 0 Å². The lowest BCUT2D eigenvalue weighted by Crippen LogP contribution is -2.33. The minimum absolute atomic E-state index is 0.251. The number of fused-ring (bicyclic) bond motifs is 1. The molecule has 0 aromatic carbocycles. The Labute approximate surface area is 114 Å². The fraction of sp³-hybridized carbons (Fsp3) is 0.600. The molecule has 2 fully saturated rings. The zero-order chi connectivity index (χ0) is 13.1. The van der Waals surface area contributed by atoms with Crippen LogP contribution in [0.2, 0.25) is 0 Å². The fourth-order valence-corrected chi connectivity index (χ4v) is 3.26. The second-order valence-electron chi connectivity index (χ2n) is 5.67. The minimum Gasteiger partial charge on any atom is -0.342 e. The molecule has 0 aliphatic carbocycles. The molecule has 0 radical (unpaired) electrons. The van der Waals surface area contributed by atoms with Crippen LogP contribution in [0.15, 0.2) is 24.5 Å². The molecule has 2 atom stereocenters. The van der Waals surface area contributed by atoms with Crippen LogP contribution < -0.4 is 5.32 Å². The average molecular weight is 259 g/mol. The first-order chi connectivity index (χ1) is 9.33. The Balaban J connectivity index is 1.58. The van der Waals surface area contributed by atoms with Crippen molar-refractivity contribution in [3.8, 4) is 0 Å². The third kappa shape index (κ3) is 2.95. The molecule has 0 spiro atoms. The van der Waals surface area contributed by atoms with Gasteiger partial charge in [0.1, 0.15) is 0 Å². The summed E-state index contributed by atoms with van der Waals surface area (Å²) in [7, 11) is 0. The largest absolute Gasteiger partial charge is 0.342 e. The van der Waals surface area contributed by atoms with Gasteiger partial charge in [-0.05, 0) is 49.4 Å². The van der Waals surface area contributed by atoms with Crippen molar-refractivity contribution in [1.82, 2.24) is 15.2 Å². The second-order valence-corrected chi connectivity index (χ2v) is 5.67. The summed E-state index contributed by atoms with van der Waals surface area (Å²) in [6.45, 7) is 4.11. The maximum atomic E-state index is 12.3. The molecule has 19 heavy (non-hydrogen) atoms. The molecule has 2 aliphatic rings. The van der Waals surface area contributed by atoms with Crippen molar-refractivity contribution < 1.29 is 4.79 Å². The Bertz CT molecular complexity index is 420. The molecule has 4 nitrogen and oxygen atoms in total. The Morgan fingerprint density at radius 2 is 2.05 bits per heavy atom. The Kier molecular flexibility index (Phi) is 3.78. The first-order valence-electron chi connectivity index (χ1n) is 7.20. The van der Waals surface area contributed by atoms with E-state index in [9.17, 15) is 4.79 Å². The van der Waals surface area contributed by atoms with Crippen molar-refractivity contribution in [3.05, 3.63) is 30.1 Å². The van der Waals surface area contributed by atoms with E-state index in [2.05, 4.69) is 10.3 Å². The average Bonchev–Trinajstić information content (AvgIpc) is 2.78. The standard InChI is InChI=1S/C15H21N3O/c19-15(8-12-2-1-5-16-9-12)18-6-3-13-10-17-11-14(13)4-7-18/h1-2,5,9,13-14,17H,3-4,6-8,10-11H2/t13-,14+. The second kappa shape index (κ2) is 5.70. The van der Waals surface area contributed by atoms with Crippen molar-refractivity contribution in [2.75, 3.05) is 26.2 Å². The number of nitrogens with zero attached hydrogens (tertiary/aromatic N) is 2. The number of likely N-dealkylation sites (tertiary alicyclic amines) is 1. The molecule has 4 heteroatoms. The summed E-state index contributed by atoms with van der Waals surface area (Å²) >= 11 is 0. The van der Waals surface area contributed by atoms with E-state index in [-0.39, 0.29) is 5.91 Å². The predicted molar refractivity (Wildman–Crippen MR) is 73.6 cm³/mol. The lowest BCUT2D eigenvalue weighted by molar-refractivity contribution is -0.130. The topological polar surface area (TPSA) is 45.2 Å². The number of carbonyl (C=O) groups is 1. The number of pyridine rings is 1. The molecule has 1 N–H and O–H groups in total. The number of hydrogen-bond acceptors (Lipinski definition) is 3. The highest BCUT2D eigenvalue weighted by atomic mass is 16.2. The molecule has 1 amide bonds. The summed E-state index contributed by atoms with van der Waals surface area (Å²) in [5.41, 5.74) is 1.01. The summed E-state index contributed by atoms with van der Waals surface area (Å²) in [5, 5.41) is 3.46. The van der Waals surface area contributed by atoms with Gasteiger partial charge in [-0.2, -0.15) is 0 Å². The number of carbonyl (C=O) groups excluding carboxylic acids is 1. The molecule has 1 aromatic heterocycles. The molecule has 102 valence electrons. The third-order valence-electron chi connectivity index (χ3n) is 4.45. The van der Waals surface area contributed by atoms with E-state index in [1.165, 1.54) is 0 Å². The highest BCUT2D eigenvalue weighted by Crippen LogP contribution is 2.27. The van der Waals surface area contributed by atoms with E-state index in [1.54, 1.807) is 12.4 Å². The Morgan fingerprint density at radius 3 is 2.68 bits per heavy atom. The number of rotatable bonds is 2. The van der Waals surface area contributed by atoms with Crippen molar-refractivity contribution in [3.63, 3.8) is 0 Å². The molecular formula is C15H21N3O. The van der Waals surface area contributed by atoms with Crippen molar-refractivity contribution >= 4 is 5.91 Å². The van der Waals surface area contributed by atoms with E-state index in [1.807, 2.05) is 17.0 Å². The van der Waals surface area contributed by atoms with Gasteiger partial charge in [-0.25, -0.2) is 0 Å². The summed E-state index contributed by atoms with van der Waals surface area (Å²) in [6.07, 6.45) is 6.32. The molecule has 2 saturated heterocycles. The number of nitrogens with one attached hydrogen (secondary N) is 1. The first-order valence-corrected chi connectivity index (χ1v) is 7.20. The SMILES string of the molecule is O=C(Cc1cccnc1)N1CC[C@@H]2CNC[C@@H]2CC1. The third-order valence-corrected chi connectivity index (χ3v) is 4.45. The molecule has 3 rings (SSSR count). The first kappa shape index (κ1) is 12.6.